The molecule has 2 aromatic rings. The van der Waals surface area contributed by atoms with Gasteiger partial charge in [-0.25, -0.2) is 9.78 Å². The fraction of sp³-hybridized carbons (Fsp3) is 0.412. The monoisotopic (exact) mass is 346 g/mol. The van der Waals surface area contributed by atoms with Gasteiger partial charge in [0.15, 0.2) is 0 Å². The van der Waals surface area contributed by atoms with Crippen molar-refractivity contribution < 1.29 is 14.3 Å². The first-order chi connectivity index (χ1) is 12.0. The number of nitrogens with zero attached hydrogens (tertiary/aromatic N) is 1. The first kappa shape index (κ1) is 18.4. The number of fused-ring (bicyclic) bond motifs is 1. The summed E-state index contributed by atoms with van der Waals surface area (Å²) in [6.07, 6.45) is 2.45. The number of ether oxygens (including phenoxy) is 1. The van der Waals surface area contributed by atoms with E-state index in [9.17, 15) is 14.4 Å². The second-order valence-corrected chi connectivity index (χ2v) is 5.75. The minimum Gasteiger partial charge on any atom is -0.458 e. The Balaban J connectivity index is 1.80. The maximum absolute atomic E-state index is 12.0. The second kappa shape index (κ2) is 8.81. The standard InChI is InChI=1S/C17H22N4O4/c1-11-6-5-7-12-15(11)20-13(21-16(12)23)10-25-14(22)8-3-2-4-9-19-17(18)24/h5-7H,2-4,8-10H2,1H3,(H3,18,19,24)(H,20,21,23). The molecule has 134 valence electrons. The Bertz CT molecular complexity index is 816. The van der Waals surface area contributed by atoms with Crippen molar-refractivity contribution in [2.24, 2.45) is 5.73 Å². The molecule has 8 heteroatoms. The molecule has 0 saturated heterocycles. The molecule has 0 unspecified atom stereocenters. The fourth-order valence-corrected chi connectivity index (χ4v) is 2.42. The van der Waals surface area contributed by atoms with Crippen LogP contribution in [0, 0.1) is 6.92 Å². The number of carbonyl (C=O) groups is 2. The topological polar surface area (TPSA) is 127 Å². The fourth-order valence-electron chi connectivity index (χ4n) is 2.42. The third kappa shape index (κ3) is 5.59. The van der Waals surface area contributed by atoms with Crippen molar-refractivity contribution in [3.8, 4) is 0 Å². The summed E-state index contributed by atoms with van der Waals surface area (Å²) < 4.78 is 5.16. The zero-order valence-electron chi connectivity index (χ0n) is 14.1. The number of para-hydroxylation sites is 1. The van der Waals surface area contributed by atoms with Crippen molar-refractivity contribution >= 4 is 22.9 Å². The van der Waals surface area contributed by atoms with Gasteiger partial charge in [0.25, 0.3) is 5.56 Å². The van der Waals surface area contributed by atoms with Crippen LogP contribution in [0.4, 0.5) is 4.79 Å². The number of nitrogens with two attached hydrogens (primary N) is 1. The molecule has 0 aliphatic rings. The predicted molar refractivity (Wildman–Crippen MR) is 93.0 cm³/mol. The maximum Gasteiger partial charge on any atom is 0.312 e. The van der Waals surface area contributed by atoms with Crippen molar-refractivity contribution in [1.29, 1.82) is 0 Å². The maximum atomic E-state index is 12.0. The Morgan fingerprint density at radius 1 is 1.28 bits per heavy atom. The number of carbonyl (C=O) groups excluding carboxylic acids is 2. The molecule has 0 atom stereocenters. The summed E-state index contributed by atoms with van der Waals surface area (Å²) in [5.74, 6) is -0.0267. The molecule has 0 spiro atoms. The van der Waals surface area contributed by atoms with Gasteiger partial charge in [0.05, 0.1) is 10.9 Å². The number of primary amides is 1. The number of nitrogens with one attached hydrogen (secondary N) is 2. The minimum absolute atomic E-state index is 0.0679. The van der Waals surface area contributed by atoms with Gasteiger partial charge >= 0.3 is 12.0 Å². The molecular weight excluding hydrogens is 324 g/mol. The zero-order chi connectivity index (χ0) is 18.2. The third-order valence-electron chi connectivity index (χ3n) is 3.71. The molecule has 1 aromatic heterocycles. The summed E-state index contributed by atoms with van der Waals surface area (Å²) in [7, 11) is 0. The van der Waals surface area contributed by atoms with E-state index in [-0.39, 0.29) is 24.6 Å². The number of esters is 1. The van der Waals surface area contributed by atoms with Crippen molar-refractivity contribution in [3.63, 3.8) is 0 Å². The lowest BCUT2D eigenvalue weighted by Crippen LogP contribution is -2.29. The average Bonchev–Trinajstić information content (AvgIpc) is 2.57. The van der Waals surface area contributed by atoms with Crippen LogP contribution in [0.25, 0.3) is 10.9 Å². The molecule has 0 saturated carbocycles. The number of benzene rings is 1. The van der Waals surface area contributed by atoms with E-state index in [1.54, 1.807) is 12.1 Å². The minimum atomic E-state index is -0.550. The van der Waals surface area contributed by atoms with E-state index < -0.39 is 6.03 Å². The number of aromatic nitrogens is 2. The van der Waals surface area contributed by atoms with Crippen LogP contribution in [0.2, 0.25) is 0 Å². The zero-order valence-corrected chi connectivity index (χ0v) is 14.1. The Kier molecular flexibility index (Phi) is 6.50. The lowest BCUT2D eigenvalue weighted by atomic mass is 10.1. The van der Waals surface area contributed by atoms with Gasteiger partial charge in [-0.15, -0.1) is 0 Å². The average molecular weight is 346 g/mol. The van der Waals surface area contributed by atoms with E-state index >= 15 is 0 Å². The van der Waals surface area contributed by atoms with Crippen LogP contribution in [-0.4, -0.2) is 28.5 Å². The Labute approximate surface area is 144 Å². The summed E-state index contributed by atoms with van der Waals surface area (Å²) in [6.45, 7) is 2.30. The summed E-state index contributed by atoms with van der Waals surface area (Å²) >= 11 is 0. The van der Waals surface area contributed by atoms with Gasteiger partial charge in [0.2, 0.25) is 0 Å². The van der Waals surface area contributed by atoms with Crippen LogP contribution >= 0.6 is 0 Å². The lowest BCUT2D eigenvalue weighted by molar-refractivity contribution is -0.145. The van der Waals surface area contributed by atoms with E-state index in [1.807, 2.05) is 13.0 Å². The van der Waals surface area contributed by atoms with Gasteiger partial charge in [0.1, 0.15) is 12.4 Å². The van der Waals surface area contributed by atoms with Gasteiger partial charge in [0, 0.05) is 13.0 Å². The van der Waals surface area contributed by atoms with E-state index in [0.29, 0.717) is 29.7 Å². The Morgan fingerprint density at radius 2 is 2.08 bits per heavy atom. The molecule has 1 heterocycles. The van der Waals surface area contributed by atoms with Crippen molar-refractivity contribution in [1.82, 2.24) is 15.3 Å². The van der Waals surface area contributed by atoms with E-state index in [1.165, 1.54) is 0 Å². The SMILES string of the molecule is Cc1cccc2c(=O)[nH]c(COC(=O)CCCCCNC(N)=O)nc12. The molecule has 0 aliphatic heterocycles. The number of aromatic amines is 1. The molecule has 0 aliphatic carbocycles. The van der Waals surface area contributed by atoms with Crippen LogP contribution in [0.3, 0.4) is 0 Å². The van der Waals surface area contributed by atoms with Crippen molar-refractivity contribution in [3.05, 3.63) is 39.9 Å². The summed E-state index contributed by atoms with van der Waals surface area (Å²) in [5, 5.41) is 3.00. The Hall–Kier alpha value is -2.90. The normalized spacial score (nSPS) is 10.6. The van der Waals surface area contributed by atoms with Crippen LogP contribution in [-0.2, 0) is 16.1 Å². The van der Waals surface area contributed by atoms with Gasteiger partial charge < -0.3 is 20.8 Å². The lowest BCUT2D eigenvalue weighted by Gasteiger charge is -2.07. The molecule has 0 bridgehead atoms. The van der Waals surface area contributed by atoms with Gasteiger partial charge in [-0.3, -0.25) is 9.59 Å². The molecule has 0 radical (unpaired) electrons. The van der Waals surface area contributed by atoms with E-state index in [2.05, 4.69) is 15.3 Å². The number of amides is 2. The van der Waals surface area contributed by atoms with Gasteiger partial charge in [-0.05, 0) is 31.4 Å². The van der Waals surface area contributed by atoms with Crippen LogP contribution in [0.15, 0.2) is 23.0 Å². The summed E-state index contributed by atoms with van der Waals surface area (Å²) in [4.78, 5) is 41.3. The second-order valence-electron chi connectivity index (χ2n) is 5.75. The number of rotatable bonds is 8. The van der Waals surface area contributed by atoms with Crippen LogP contribution in [0.1, 0.15) is 37.1 Å². The predicted octanol–water partition coefficient (Wildman–Crippen LogP) is 1.50. The molecule has 0 fully saturated rings. The molecule has 2 amide bonds. The largest absolute Gasteiger partial charge is 0.458 e. The number of hydrogen-bond acceptors (Lipinski definition) is 5. The van der Waals surface area contributed by atoms with Gasteiger partial charge in [-0.2, -0.15) is 0 Å². The van der Waals surface area contributed by atoms with Gasteiger partial charge in [-0.1, -0.05) is 18.6 Å². The quantitative estimate of drug-likeness (QED) is 0.493. The van der Waals surface area contributed by atoms with E-state index in [4.69, 9.17) is 10.5 Å². The Morgan fingerprint density at radius 3 is 2.84 bits per heavy atom. The van der Waals surface area contributed by atoms with Crippen LogP contribution < -0.4 is 16.6 Å². The first-order valence-corrected chi connectivity index (χ1v) is 8.15. The highest BCUT2D eigenvalue weighted by Gasteiger charge is 2.08. The number of aryl methyl sites for hydroxylation is 1. The number of hydrogen-bond donors (Lipinski definition) is 3. The smallest absolute Gasteiger partial charge is 0.312 e. The molecule has 8 nitrogen and oxygen atoms in total. The van der Waals surface area contributed by atoms with Crippen molar-refractivity contribution in [2.75, 3.05) is 6.54 Å². The highest BCUT2D eigenvalue weighted by atomic mass is 16.5. The molecule has 1 aromatic carbocycles. The summed E-state index contributed by atoms with van der Waals surface area (Å²) in [5.41, 5.74) is 6.20. The molecule has 25 heavy (non-hydrogen) atoms. The number of urea groups is 1. The highest BCUT2D eigenvalue weighted by Crippen LogP contribution is 2.12. The summed E-state index contributed by atoms with van der Waals surface area (Å²) in [6, 6.07) is 4.83. The molecule has 4 N–H and O–H groups in total. The number of H-pyrrole nitrogens is 1. The molecular formula is C17H22N4O4. The van der Waals surface area contributed by atoms with Crippen molar-refractivity contribution in [2.45, 2.75) is 39.2 Å². The first-order valence-electron chi connectivity index (χ1n) is 8.15. The third-order valence-corrected chi connectivity index (χ3v) is 3.71. The highest BCUT2D eigenvalue weighted by molar-refractivity contribution is 5.80. The van der Waals surface area contributed by atoms with Crippen LogP contribution in [0.5, 0.6) is 0 Å². The number of unbranched alkanes of at least 4 members (excludes halogenated alkanes) is 2. The molecule has 2 rings (SSSR count). The van der Waals surface area contributed by atoms with E-state index in [0.717, 1.165) is 18.4 Å².